The van der Waals surface area contributed by atoms with Crippen LogP contribution in [0.2, 0.25) is 0 Å². The predicted octanol–water partition coefficient (Wildman–Crippen LogP) is 1.40. The molecule has 0 saturated carbocycles. The van der Waals surface area contributed by atoms with Crippen molar-refractivity contribution in [3.05, 3.63) is 0 Å². The van der Waals surface area contributed by atoms with Crippen LogP contribution in [0, 0.1) is 0 Å². The van der Waals surface area contributed by atoms with E-state index >= 15 is 0 Å². The van der Waals surface area contributed by atoms with Gasteiger partial charge in [-0.3, -0.25) is 0 Å². The van der Waals surface area contributed by atoms with Gasteiger partial charge in [-0.15, -0.1) is 0 Å². The molecule has 0 bridgehead atoms. The minimum Gasteiger partial charge on any atom is -0.444 e. The molecule has 0 aromatic carbocycles. The summed E-state index contributed by atoms with van der Waals surface area (Å²) < 4.78 is 5.45. The molecule has 23 heavy (non-hydrogen) atoms. The maximum Gasteiger partial charge on any atom is 0.410 e. The fourth-order valence-electron chi connectivity index (χ4n) is 3.29. The van der Waals surface area contributed by atoms with Gasteiger partial charge < -0.3 is 24.7 Å². The number of nitrogens with one attached hydrogen (secondary N) is 1. The van der Waals surface area contributed by atoms with Gasteiger partial charge in [-0.2, -0.15) is 0 Å². The number of piperidine rings is 1. The number of carbonyl (C=O) groups excluding carboxylic acids is 1. The average Bonchev–Trinajstić information content (AvgIpc) is 2.91. The van der Waals surface area contributed by atoms with Gasteiger partial charge in [0.1, 0.15) is 17.0 Å². The third-order valence-electron chi connectivity index (χ3n) is 4.63. The van der Waals surface area contributed by atoms with E-state index in [1.54, 1.807) is 4.90 Å². The summed E-state index contributed by atoms with van der Waals surface area (Å²) in [6.45, 7) is 11.0. The summed E-state index contributed by atoms with van der Waals surface area (Å²) in [4.78, 5) is 22.1. The molecular formula is C16H28N4O3. The van der Waals surface area contributed by atoms with Gasteiger partial charge in [0.15, 0.2) is 0 Å². The first-order valence-electron chi connectivity index (χ1n) is 8.56. The van der Waals surface area contributed by atoms with Crippen molar-refractivity contribution in [3.63, 3.8) is 0 Å². The average molecular weight is 324 g/mol. The number of oxime groups is 1. The van der Waals surface area contributed by atoms with E-state index in [4.69, 9.17) is 9.57 Å². The summed E-state index contributed by atoms with van der Waals surface area (Å²) in [5.41, 5.74) is -0.673. The molecule has 3 heterocycles. The van der Waals surface area contributed by atoms with E-state index in [-0.39, 0.29) is 11.7 Å². The van der Waals surface area contributed by atoms with Crippen LogP contribution in [-0.2, 0) is 9.57 Å². The van der Waals surface area contributed by atoms with Gasteiger partial charge in [0.2, 0.25) is 0 Å². The van der Waals surface area contributed by atoms with Gasteiger partial charge >= 0.3 is 6.09 Å². The zero-order chi connectivity index (χ0) is 16.5. The smallest absolute Gasteiger partial charge is 0.410 e. The number of hydrogen-bond donors (Lipinski definition) is 1. The fraction of sp³-hybridized carbons (Fsp3) is 0.875. The van der Waals surface area contributed by atoms with Crippen LogP contribution in [0.5, 0.6) is 0 Å². The second-order valence-electron chi connectivity index (χ2n) is 7.66. The number of amidine groups is 1. The highest BCUT2D eigenvalue weighted by Gasteiger charge is 2.44. The molecular weight excluding hydrogens is 296 g/mol. The number of rotatable bonds is 0. The van der Waals surface area contributed by atoms with Crippen LogP contribution in [0.3, 0.4) is 0 Å². The van der Waals surface area contributed by atoms with Crippen molar-refractivity contribution in [2.75, 3.05) is 39.3 Å². The lowest BCUT2D eigenvalue weighted by molar-refractivity contribution is -0.0639. The number of amides is 1. The molecule has 7 nitrogen and oxygen atoms in total. The lowest BCUT2D eigenvalue weighted by Gasteiger charge is -2.38. The number of hydrogen-bond acceptors (Lipinski definition) is 6. The van der Waals surface area contributed by atoms with Gasteiger partial charge in [-0.1, -0.05) is 5.16 Å². The molecule has 0 aromatic rings. The molecule has 1 amide bonds. The molecule has 2 fully saturated rings. The second-order valence-corrected chi connectivity index (χ2v) is 7.66. The Balaban J connectivity index is 1.50. The highest BCUT2D eigenvalue weighted by atomic mass is 16.7. The molecule has 0 radical (unpaired) electrons. The summed E-state index contributed by atoms with van der Waals surface area (Å²) in [7, 11) is 0. The Labute approximate surface area is 138 Å². The molecule has 2 saturated heterocycles. The standard InChI is InChI=1S/C16H28N4O3/c1-15(2,3)22-14(21)20-8-4-16(5-9-20)12-13(18-23-16)19-10-6-17-7-11-19/h17H,4-12H2,1-3H3. The van der Waals surface area contributed by atoms with E-state index in [2.05, 4.69) is 15.4 Å². The van der Waals surface area contributed by atoms with Gasteiger partial charge in [0, 0.05) is 52.1 Å². The normalized spacial score (nSPS) is 24.4. The van der Waals surface area contributed by atoms with Gasteiger partial charge in [0.05, 0.1) is 6.42 Å². The van der Waals surface area contributed by atoms with Crippen molar-refractivity contribution < 1.29 is 14.4 Å². The van der Waals surface area contributed by atoms with E-state index in [0.29, 0.717) is 13.1 Å². The highest BCUT2D eigenvalue weighted by Crippen LogP contribution is 2.35. The summed E-state index contributed by atoms with van der Waals surface area (Å²) in [6, 6.07) is 0. The van der Waals surface area contributed by atoms with Crippen LogP contribution in [0.4, 0.5) is 4.79 Å². The van der Waals surface area contributed by atoms with Crippen LogP contribution >= 0.6 is 0 Å². The minimum atomic E-state index is -0.450. The zero-order valence-electron chi connectivity index (χ0n) is 14.4. The topological polar surface area (TPSA) is 66.4 Å². The first-order valence-corrected chi connectivity index (χ1v) is 8.56. The van der Waals surface area contributed by atoms with Crippen LogP contribution in [0.15, 0.2) is 5.16 Å². The van der Waals surface area contributed by atoms with Gasteiger partial charge in [0.25, 0.3) is 0 Å². The third-order valence-corrected chi connectivity index (χ3v) is 4.63. The van der Waals surface area contributed by atoms with Crippen LogP contribution in [0.1, 0.15) is 40.0 Å². The van der Waals surface area contributed by atoms with E-state index in [0.717, 1.165) is 51.3 Å². The van der Waals surface area contributed by atoms with E-state index in [1.807, 2.05) is 20.8 Å². The van der Waals surface area contributed by atoms with Crippen molar-refractivity contribution in [1.29, 1.82) is 0 Å². The minimum absolute atomic E-state index is 0.223. The quantitative estimate of drug-likeness (QED) is 0.729. The van der Waals surface area contributed by atoms with Crippen molar-refractivity contribution in [2.24, 2.45) is 5.16 Å². The SMILES string of the molecule is CC(C)(C)OC(=O)N1CCC2(CC1)CC(N1CCNCC1)=NO2. The van der Waals surface area contributed by atoms with Crippen LogP contribution in [-0.4, -0.2) is 72.2 Å². The number of ether oxygens (including phenoxy) is 1. The monoisotopic (exact) mass is 324 g/mol. The Morgan fingerprint density at radius 3 is 2.48 bits per heavy atom. The molecule has 3 aliphatic heterocycles. The molecule has 0 atom stereocenters. The molecule has 3 aliphatic rings. The van der Waals surface area contributed by atoms with Crippen LogP contribution in [0.25, 0.3) is 0 Å². The largest absolute Gasteiger partial charge is 0.444 e. The first-order chi connectivity index (χ1) is 10.9. The number of carbonyl (C=O) groups is 1. The Morgan fingerprint density at radius 2 is 1.87 bits per heavy atom. The predicted molar refractivity (Wildman–Crippen MR) is 87.4 cm³/mol. The fourth-order valence-corrected chi connectivity index (χ4v) is 3.29. The maximum absolute atomic E-state index is 12.1. The summed E-state index contributed by atoms with van der Waals surface area (Å²) >= 11 is 0. The third kappa shape index (κ3) is 3.88. The number of likely N-dealkylation sites (tertiary alicyclic amines) is 1. The Kier molecular flexibility index (Phi) is 4.40. The van der Waals surface area contributed by atoms with Crippen molar-refractivity contribution in [1.82, 2.24) is 15.1 Å². The van der Waals surface area contributed by atoms with Gasteiger partial charge in [-0.25, -0.2) is 4.79 Å². The van der Waals surface area contributed by atoms with Crippen molar-refractivity contribution in [3.8, 4) is 0 Å². The second kappa shape index (κ2) is 6.19. The molecule has 7 heteroatoms. The first kappa shape index (κ1) is 16.4. The lowest BCUT2D eigenvalue weighted by atomic mass is 9.88. The Morgan fingerprint density at radius 1 is 1.22 bits per heavy atom. The molecule has 0 aliphatic carbocycles. The molecule has 1 N–H and O–H groups in total. The Bertz CT molecular complexity index is 472. The van der Waals surface area contributed by atoms with Crippen molar-refractivity contribution >= 4 is 11.9 Å². The number of nitrogens with zero attached hydrogens (tertiary/aromatic N) is 3. The van der Waals surface area contributed by atoms with Gasteiger partial charge in [-0.05, 0) is 20.8 Å². The highest BCUT2D eigenvalue weighted by molar-refractivity contribution is 5.84. The van der Waals surface area contributed by atoms with E-state index in [1.165, 1.54) is 0 Å². The Hall–Kier alpha value is -1.50. The summed E-state index contributed by atoms with van der Waals surface area (Å²) in [5, 5.41) is 7.70. The number of piperazine rings is 1. The van der Waals surface area contributed by atoms with E-state index in [9.17, 15) is 4.79 Å². The van der Waals surface area contributed by atoms with Crippen LogP contribution < -0.4 is 5.32 Å². The summed E-state index contributed by atoms with van der Waals surface area (Å²) in [5.74, 6) is 1.07. The molecule has 0 unspecified atom stereocenters. The molecule has 0 aromatic heterocycles. The zero-order valence-corrected chi connectivity index (χ0v) is 14.4. The van der Waals surface area contributed by atoms with E-state index < -0.39 is 5.60 Å². The molecule has 3 rings (SSSR count). The van der Waals surface area contributed by atoms with Crippen molar-refractivity contribution in [2.45, 2.75) is 51.2 Å². The summed E-state index contributed by atoms with van der Waals surface area (Å²) in [6.07, 6.45) is 2.25. The molecule has 1 spiro atoms. The molecule has 130 valence electrons. The lowest BCUT2D eigenvalue weighted by Crippen LogP contribution is -2.50. The maximum atomic E-state index is 12.1.